The maximum atomic E-state index is 13.7. The molecule has 222 valence electrons. The van der Waals surface area contributed by atoms with Gasteiger partial charge in [-0.3, -0.25) is 4.79 Å². The monoisotopic (exact) mass is 566 g/mol. The van der Waals surface area contributed by atoms with Crippen molar-refractivity contribution in [1.82, 2.24) is 9.80 Å². The zero-order valence-electron chi connectivity index (χ0n) is 24.2. The van der Waals surface area contributed by atoms with Crippen molar-refractivity contribution in [2.45, 2.75) is 58.1 Å². The normalized spacial score (nSPS) is 21.5. The van der Waals surface area contributed by atoms with Crippen LogP contribution in [0.2, 0.25) is 0 Å². The number of likely N-dealkylation sites (N-methyl/N-ethyl adjacent to an activating group) is 1. The number of anilines is 2. The highest BCUT2D eigenvalue weighted by atomic mass is 16.7. The van der Waals surface area contributed by atoms with E-state index in [-0.39, 0.29) is 37.4 Å². The first kappa shape index (κ1) is 29.0. The number of nitrogens with zero attached hydrogens (tertiary/aromatic N) is 2. The summed E-state index contributed by atoms with van der Waals surface area (Å²) < 4.78 is 17.2. The second-order valence-corrected chi connectivity index (χ2v) is 11.7. The molecule has 0 spiro atoms. The zero-order chi connectivity index (χ0) is 28.9. The number of ether oxygens (including phenoxy) is 3. The second-order valence-electron chi connectivity index (χ2n) is 11.7. The van der Waals surface area contributed by atoms with Gasteiger partial charge in [0.1, 0.15) is 11.9 Å². The lowest BCUT2D eigenvalue weighted by atomic mass is 9.89. The summed E-state index contributed by atoms with van der Waals surface area (Å²) in [6, 6.07) is 9.47. The van der Waals surface area contributed by atoms with Crippen molar-refractivity contribution in [2.75, 3.05) is 50.7 Å². The van der Waals surface area contributed by atoms with Gasteiger partial charge in [-0.25, -0.2) is 4.79 Å². The van der Waals surface area contributed by atoms with Crippen LogP contribution in [0, 0.1) is 11.8 Å². The van der Waals surface area contributed by atoms with Gasteiger partial charge in [-0.2, -0.15) is 0 Å². The molecule has 3 amide bonds. The molecule has 3 N–H and O–H groups in total. The Kier molecular flexibility index (Phi) is 9.19. The molecular weight excluding hydrogens is 524 g/mol. The van der Waals surface area contributed by atoms with Gasteiger partial charge in [0, 0.05) is 43.0 Å². The van der Waals surface area contributed by atoms with E-state index in [0.29, 0.717) is 40.7 Å². The first-order valence-electron chi connectivity index (χ1n) is 14.7. The predicted octanol–water partition coefficient (Wildman–Crippen LogP) is 4.79. The molecule has 3 atom stereocenters. The molecule has 0 radical (unpaired) electrons. The Hall–Kier alpha value is -3.50. The molecule has 2 aromatic carbocycles. The quantitative estimate of drug-likeness (QED) is 0.421. The Balaban J connectivity index is 1.32. The van der Waals surface area contributed by atoms with E-state index < -0.39 is 6.03 Å². The van der Waals surface area contributed by atoms with Crippen molar-refractivity contribution >= 4 is 23.3 Å². The summed E-state index contributed by atoms with van der Waals surface area (Å²) in [7, 11) is 2.15. The van der Waals surface area contributed by atoms with E-state index in [9.17, 15) is 14.7 Å². The number of nitrogens with one attached hydrogen (secondary N) is 2. The average molecular weight is 567 g/mol. The Morgan fingerprint density at radius 3 is 2.44 bits per heavy atom. The van der Waals surface area contributed by atoms with E-state index in [1.54, 1.807) is 41.3 Å². The number of benzene rings is 2. The van der Waals surface area contributed by atoms with Crippen LogP contribution in [0.1, 0.15) is 56.3 Å². The predicted molar refractivity (Wildman–Crippen MR) is 157 cm³/mol. The molecule has 2 heterocycles. The van der Waals surface area contributed by atoms with E-state index in [1.807, 2.05) is 6.92 Å². The summed E-state index contributed by atoms with van der Waals surface area (Å²) >= 11 is 0. The summed E-state index contributed by atoms with van der Waals surface area (Å²) in [5.74, 6) is 2.22. The Morgan fingerprint density at radius 1 is 1.02 bits per heavy atom. The molecule has 1 aliphatic carbocycles. The van der Waals surface area contributed by atoms with Gasteiger partial charge in [-0.1, -0.05) is 26.2 Å². The molecule has 1 saturated carbocycles. The van der Waals surface area contributed by atoms with Gasteiger partial charge in [0.25, 0.3) is 5.91 Å². The highest BCUT2D eigenvalue weighted by Gasteiger charge is 2.34. The van der Waals surface area contributed by atoms with Gasteiger partial charge in [0.05, 0.1) is 18.2 Å². The average Bonchev–Trinajstić information content (AvgIpc) is 3.43. The van der Waals surface area contributed by atoms with Gasteiger partial charge in [0.15, 0.2) is 11.5 Å². The molecule has 2 aliphatic heterocycles. The molecule has 2 aromatic rings. The van der Waals surface area contributed by atoms with Crippen LogP contribution in [-0.4, -0.2) is 79.1 Å². The number of hydrogen-bond acceptors (Lipinski definition) is 7. The fourth-order valence-electron chi connectivity index (χ4n) is 5.98. The lowest BCUT2D eigenvalue weighted by Crippen LogP contribution is -2.50. The molecule has 0 bridgehead atoms. The number of fused-ring (bicyclic) bond motifs is 2. The Morgan fingerprint density at radius 2 is 1.71 bits per heavy atom. The minimum Gasteiger partial charge on any atom is -0.488 e. The van der Waals surface area contributed by atoms with Crippen molar-refractivity contribution in [1.29, 1.82) is 0 Å². The smallest absolute Gasteiger partial charge is 0.323 e. The van der Waals surface area contributed by atoms with Gasteiger partial charge >= 0.3 is 6.03 Å². The molecule has 3 aliphatic rings. The highest BCUT2D eigenvalue weighted by molar-refractivity contribution is 6.02. The maximum absolute atomic E-state index is 13.7. The fourth-order valence-corrected chi connectivity index (χ4v) is 5.98. The van der Waals surface area contributed by atoms with Crippen molar-refractivity contribution in [2.24, 2.45) is 11.8 Å². The van der Waals surface area contributed by atoms with E-state index in [1.165, 1.54) is 32.1 Å². The second kappa shape index (κ2) is 13.0. The van der Waals surface area contributed by atoms with Crippen LogP contribution in [0.3, 0.4) is 0 Å². The lowest BCUT2D eigenvalue weighted by Gasteiger charge is -2.38. The highest BCUT2D eigenvalue weighted by Crippen LogP contribution is 2.35. The minimum atomic E-state index is -0.459. The summed E-state index contributed by atoms with van der Waals surface area (Å²) in [6.45, 7) is 6.20. The first-order chi connectivity index (χ1) is 19.8. The molecule has 0 aromatic heterocycles. The molecule has 10 heteroatoms. The Labute approximate surface area is 241 Å². The molecule has 41 heavy (non-hydrogen) atoms. The zero-order valence-corrected chi connectivity index (χ0v) is 24.2. The molecule has 0 saturated heterocycles. The number of rotatable bonds is 8. The van der Waals surface area contributed by atoms with E-state index in [0.717, 1.165) is 19.0 Å². The van der Waals surface area contributed by atoms with Crippen molar-refractivity contribution in [3.05, 3.63) is 42.0 Å². The third kappa shape index (κ3) is 7.05. The first-order valence-corrected chi connectivity index (χ1v) is 14.7. The van der Waals surface area contributed by atoms with Crippen LogP contribution in [0.25, 0.3) is 0 Å². The summed E-state index contributed by atoms with van der Waals surface area (Å²) in [6.07, 6.45) is 6.37. The van der Waals surface area contributed by atoms with Crippen LogP contribution < -0.4 is 24.8 Å². The number of aliphatic hydroxyl groups is 1. The van der Waals surface area contributed by atoms with Crippen molar-refractivity contribution in [3.63, 3.8) is 0 Å². The third-order valence-corrected chi connectivity index (χ3v) is 8.34. The molecular formula is C31H42N4O6. The van der Waals surface area contributed by atoms with Crippen LogP contribution in [-0.2, 0) is 0 Å². The van der Waals surface area contributed by atoms with E-state index in [4.69, 9.17) is 14.2 Å². The summed E-state index contributed by atoms with van der Waals surface area (Å²) in [5, 5.41) is 15.6. The fraction of sp³-hybridized carbons (Fsp3) is 0.548. The van der Waals surface area contributed by atoms with Crippen LogP contribution >= 0.6 is 0 Å². The van der Waals surface area contributed by atoms with Crippen molar-refractivity contribution < 1.29 is 28.9 Å². The summed E-state index contributed by atoms with van der Waals surface area (Å²) in [5.41, 5.74) is 1.36. The van der Waals surface area contributed by atoms with E-state index in [2.05, 4.69) is 29.5 Å². The number of carbonyl (C=O) groups is 2. The molecule has 5 rings (SSSR count). The molecule has 10 nitrogen and oxygen atoms in total. The number of urea groups is 1. The third-order valence-electron chi connectivity index (χ3n) is 8.34. The maximum Gasteiger partial charge on any atom is 0.323 e. The van der Waals surface area contributed by atoms with Gasteiger partial charge in [-0.05, 0) is 63.1 Å². The minimum absolute atomic E-state index is 0.0557. The molecule has 1 fully saturated rings. The SMILES string of the molecule is C[C@@H]1CN([C@H](C)CO)C(=O)c2cc(NC(=O)Nc3ccc4c(c3)OCO4)ccc2O[C@@H]1CN(C)CC1CCCCC1. The molecule has 0 unspecified atom stereocenters. The number of amides is 3. The standard InChI is InChI=1S/C31H42N4O6/c1-20-15-35(21(2)18-36)30(37)25-13-23(32-31(38)33-24-10-12-27-28(14-24)40-19-39-27)9-11-26(25)41-29(20)17-34(3)16-22-7-5-4-6-8-22/h9-14,20-22,29,36H,4-8,15-19H2,1-3H3,(H2,32,33,38)/t20-,21-,29-/m1/s1. The summed E-state index contributed by atoms with van der Waals surface area (Å²) in [4.78, 5) is 30.6. The Bertz CT molecular complexity index is 1230. The van der Waals surface area contributed by atoms with Crippen LogP contribution in [0.15, 0.2) is 36.4 Å². The van der Waals surface area contributed by atoms with Gasteiger partial charge in [0.2, 0.25) is 6.79 Å². The van der Waals surface area contributed by atoms with Crippen molar-refractivity contribution in [3.8, 4) is 17.2 Å². The lowest BCUT2D eigenvalue weighted by molar-refractivity contribution is 0.0330. The topological polar surface area (TPSA) is 113 Å². The number of hydrogen-bond donors (Lipinski definition) is 3. The van der Waals surface area contributed by atoms with E-state index >= 15 is 0 Å². The number of carbonyl (C=O) groups excluding carboxylic acids is 2. The van der Waals surface area contributed by atoms with Crippen LogP contribution in [0.5, 0.6) is 17.2 Å². The van der Waals surface area contributed by atoms with Crippen LogP contribution in [0.4, 0.5) is 16.2 Å². The largest absolute Gasteiger partial charge is 0.488 e. The van der Waals surface area contributed by atoms with Gasteiger partial charge in [-0.15, -0.1) is 0 Å². The number of aliphatic hydroxyl groups excluding tert-OH is 1. The van der Waals surface area contributed by atoms with Gasteiger partial charge < -0.3 is 39.8 Å².